The lowest BCUT2D eigenvalue weighted by atomic mass is 10.0. The van der Waals surface area contributed by atoms with Crippen molar-refractivity contribution in [1.29, 1.82) is 0 Å². The molecule has 0 spiro atoms. The molecular weight excluding hydrogens is 440 g/mol. The Kier molecular flexibility index (Phi) is 5.38. The lowest BCUT2D eigenvalue weighted by molar-refractivity contribution is 0.0507. The van der Waals surface area contributed by atoms with Gasteiger partial charge in [-0.05, 0) is 70.0 Å². The number of carbonyl (C=O) groups is 3. The number of hydrogen-bond acceptors (Lipinski definition) is 5. The van der Waals surface area contributed by atoms with E-state index in [1.165, 1.54) is 10.5 Å². The first-order valence-corrected chi connectivity index (χ1v) is 12.0. The maximum atomic E-state index is 13.3. The van der Waals surface area contributed by atoms with Crippen LogP contribution in [0.15, 0.2) is 42.5 Å². The number of fused-ring (bicyclic) bond motifs is 2. The predicted octanol–water partition coefficient (Wildman–Crippen LogP) is 4.21. The Labute approximate surface area is 205 Å². The van der Waals surface area contributed by atoms with Gasteiger partial charge in [0.05, 0.1) is 16.6 Å². The van der Waals surface area contributed by atoms with Crippen molar-refractivity contribution in [2.24, 2.45) is 0 Å². The summed E-state index contributed by atoms with van der Waals surface area (Å²) in [7, 11) is 0. The van der Waals surface area contributed by atoms with Crippen molar-refractivity contribution >= 4 is 34.4 Å². The Hall–Kier alpha value is -3.74. The number of hydrogen-bond donors (Lipinski definition) is 0. The van der Waals surface area contributed by atoms with Gasteiger partial charge < -0.3 is 9.80 Å². The summed E-state index contributed by atoms with van der Waals surface area (Å²) in [6.45, 7) is 12.1. The third-order valence-electron chi connectivity index (χ3n) is 6.93. The zero-order valence-electron chi connectivity index (χ0n) is 20.9. The number of amides is 3. The predicted molar refractivity (Wildman–Crippen MR) is 136 cm³/mol. The highest BCUT2D eigenvalue weighted by atomic mass is 16.2. The number of pyridine rings is 1. The Balaban J connectivity index is 1.32. The van der Waals surface area contributed by atoms with Crippen molar-refractivity contribution in [1.82, 2.24) is 14.8 Å². The smallest absolute Gasteiger partial charge is 0.262 e. The standard InChI is InChI=1S/C28H30N4O3/c1-17-7-6-8-20-18(2)15-23(29-24(17)20)30-11-13-31(14-12-30)25(33)19-9-10-21-22(16-19)27(35)32(26(21)34)28(3,4)5/h6-10,15-16H,11-14H2,1-5H3. The maximum absolute atomic E-state index is 13.3. The van der Waals surface area contributed by atoms with Gasteiger partial charge in [-0.15, -0.1) is 0 Å². The van der Waals surface area contributed by atoms with E-state index in [4.69, 9.17) is 4.98 Å². The third-order valence-corrected chi connectivity index (χ3v) is 6.93. The van der Waals surface area contributed by atoms with Gasteiger partial charge in [-0.3, -0.25) is 19.3 Å². The van der Waals surface area contributed by atoms with Gasteiger partial charge in [0.15, 0.2) is 0 Å². The molecule has 5 rings (SSSR count). The summed E-state index contributed by atoms with van der Waals surface area (Å²) < 4.78 is 0. The molecule has 7 nitrogen and oxygen atoms in total. The van der Waals surface area contributed by atoms with E-state index in [0.717, 1.165) is 22.3 Å². The summed E-state index contributed by atoms with van der Waals surface area (Å²) >= 11 is 0. The molecule has 3 amide bonds. The van der Waals surface area contributed by atoms with Gasteiger partial charge in [-0.1, -0.05) is 18.2 Å². The number of nitrogens with zero attached hydrogens (tertiary/aromatic N) is 4. The van der Waals surface area contributed by atoms with Gasteiger partial charge in [0.2, 0.25) is 0 Å². The SMILES string of the molecule is Cc1cc(N2CCN(C(=O)c3ccc4c(c3)C(=O)N(C(C)(C)C)C4=O)CC2)nc2c(C)cccc12. The molecule has 0 N–H and O–H groups in total. The van der Waals surface area contributed by atoms with Gasteiger partial charge in [0, 0.05) is 42.7 Å². The summed E-state index contributed by atoms with van der Waals surface area (Å²) in [6.07, 6.45) is 0. The summed E-state index contributed by atoms with van der Waals surface area (Å²) in [5.41, 5.74) is 3.83. The van der Waals surface area contributed by atoms with Crippen LogP contribution in [0.2, 0.25) is 0 Å². The van der Waals surface area contributed by atoms with Gasteiger partial charge >= 0.3 is 0 Å². The van der Waals surface area contributed by atoms with Crippen molar-refractivity contribution < 1.29 is 14.4 Å². The molecule has 35 heavy (non-hydrogen) atoms. The lowest BCUT2D eigenvalue weighted by Crippen LogP contribution is -2.49. The van der Waals surface area contributed by atoms with Gasteiger partial charge in [0.1, 0.15) is 5.82 Å². The molecule has 2 aliphatic rings. The van der Waals surface area contributed by atoms with Crippen LogP contribution in [-0.2, 0) is 0 Å². The van der Waals surface area contributed by atoms with Crippen LogP contribution in [0.5, 0.6) is 0 Å². The van der Waals surface area contributed by atoms with Crippen LogP contribution in [0, 0.1) is 13.8 Å². The van der Waals surface area contributed by atoms with Crippen LogP contribution in [0.4, 0.5) is 5.82 Å². The van der Waals surface area contributed by atoms with Crippen molar-refractivity contribution in [3.8, 4) is 0 Å². The second-order valence-electron chi connectivity index (χ2n) is 10.4. The molecule has 1 fully saturated rings. The van der Waals surface area contributed by atoms with E-state index in [0.29, 0.717) is 42.9 Å². The van der Waals surface area contributed by atoms with Crippen LogP contribution in [0.25, 0.3) is 10.9 Å². The molecule has 180 valence electrons. The van der Waals surface area contributed by atoms with Gasteiger partial charge in [-0.25, -0.2) is 4.98 Å². The van der Waals surface area contributed by atoms with Crippen LogP contribution >= 0.6 is 0 Å². The summed E-state index contributed by atoms with van der Waals surface area (Å²) in [4.78, 5) is 49.1. The second kappa shape index (κ2) is 8.18. The Morgan fingerprint density at radius 3 is 2.23 bits per heavy atom. The van der Waals surface area contributed by atoms with E-state index in [1.54, 1.807) is 23.1 Å². The highest BCUT2D eigenvalue weighted by molar-refractivity contribution is 6.22. The molecule has 0 atom stereocenters. The Bertz CT molecular complexity index is 1380. The summed E-state index contributed by atoms with van der Waals surface area (Å²) in [6, 6.07) is 13.2. The first kappa shape index (κ1) is 23.0. The highest BCUT2D eigenvalue weighted by Gasteiger charge is 2.42. The monoisotopic (exact) mass is 470 g/mol. The summed E-state index contributed by atoms with van der Waals surface area (Å²) in [5, 5.41) is 1.16. The number of aryl methyl sites for hydroxylation is 2. The van der Waals surface area contributed by atoms with E-state index in [9.17, 15) is 14.4 Å². The molecule has 0 bridgehead atoms. The molecule has 3 aromatic rings. The number of anilines is 1. The van der Waals surface area contributed by atoms with Gasteiger partial charge in [0.25, 0.3) is 17.7 Å². The van der Waals surface area contributed by atoms with Crippen molar-refractivity contribution in [3.05, 3.63) is 70.3 Å². The molecule has 2 aliphatic heterocycles. The van der Waals surface area contributed by atoms with Crippen LogP contribution in [0.3, 0.4) is 0 Å². The average Bonchev–Trinajstić information content (AvgIpc) is 3.09. The number of rotatable bonds is 2. The molecule has 1 saturated heterocycles. The largest absolute Gasteiger partial charge is 0.353 e. The molecule has 2 aromatic carbocycles. The number of aromatic nitrogens is 1. The summed E-state index contributed by atoms with van der Waals surface area (Å²) in [5.74, 6) is 0.157. The molecule has 0 aliphatic carbocycles. The number of imide groups is 1. The third kappa shape index (κ3) is 3.85. The van der Waals surface area contributed by atoms with Crippen LogP contribution < -0.4 is 4.90 Å². The van der Waals surface area contributed by atoms with Crippen LogP contribution in [0.1, 0.15) is 63.0 Å². The number of carbonyl (C=O) groups excluding carboxylic acids is 3. The fraction of sp³-hybridized carbons (Fsp3) is 0.357. The van der Waals surface area contributed by atoms with Crippen molar-refractivity contribution in [2.75, 3.05) is 31.1 Å². The fourth-order valence-corrected chi connectivity index (χ4v) is 5.01. The molecule has 1 aromatic heterocycles. The van der Waals surface area contributed by atoms with Crippen molar-refractivity contribution in [3.63, 3.8) is 0 Å². The molecule has 7 heteroatoms. The molecular formula is C28H30N4O3. The minimum Gasteiger partial charge on any atom is -0.353 e. The van der Waals surface area contributed by atoms with E-state index in [1.807, 2.05) is 20.8 Å². The van der Waals surface area contributed by atoms with E-state index < -0.39 is 5.54 Å². The number of piperazine rings is 1. The van der Waals surface area contributed by atoms with E-state index in [-0.39, 0.29) is 17.7 Å². The number of para-hydroxylation sites is 1. The quantitative estimate of drug-likeness (QED) is 0.525. The van der Waals surface area contributed by atoms with Gasteiger partial charge in [-0.2, -0.15) is 0 Å². The Morgan fingerprint density at radius 2 is 1.54 bits per heavy atom. The zero-order chi connectivity index (χ0) is 25.1. The Morgan fingerprint density at radius 1 is 0.857 bits per heavy atom. The molecule has 0 saturated carbocycles. The molecule has 0 radical (unpaired) electrons. The number of benzene rings is 2. The second-order valence-corrected chi connectivity index (χ2v) is 10.4. The van der Waals surface area contributed by atoms with E-state index in [2.05, 4.69) is 43.0 Å². The molecule has 0 unspecified atom stereocenters. The highest BCUT2D eigenvalue weighted by Crippen LogP contribution is 2.30. The fourth-order valence-electron chi connectivity index (χ4n) is 5.01. The zero-order valence-corrected chi connectivity index (χ0v) is 20.9. The normalized spacial score (nSPS) is 16.3. The maximum Gasteiger partial charge on any atom is 0.262 e. The van der Waals surface area contributed by atoms with Crippen molar-refractivity contribution in [2.45, 2.75) is 40.2 Å². The van der Waals surface area contributed by atoms with Crippen LogP contribution in [-0.4, -0.2) is 64.2 Å². The van der Waals surface area contributed by atoms with E-state index >= 15 is 0 Å². The minimum atomic E-state index is -0.624. The topological polar surface area (TPSA) is 73.8 Å². The molecule has 3 heterocycles. The minimum absolute atomic E-state index is 0.125. The average molecular weight is 471 g/mol. The first-order chi connectivity index (χ1) is 16.6. The first-order valence-electron chi connectivity index (χ1n) is 12.0. The lowest BCUT2D eigenvalue weighted by Gasteiger charge is -2.35.